The molecule has 0 aliphatic carbocycles. The zero-order valence-electron chi connectivity index (χ0n) is 17.3. The molecule has 3 rings (SSSR count). The number of aliphatic hydroxyl groups excluding tert-OH is 1. The minimum absolute atomic E-state index is 0.164. The Balaban J connectivity index is 1.45. The number of ether oxygens (including phenoxy) is 2. The largest absolute Gasteiger partial charge is 0.497 e. The van der Waals surface area contributed by atoms with E-state index in [0.29, 0.717) is 36.5 Å². The molecule has 0 unspecified atom stereocenters. The van der Waals surface area contributed by atoms with Crippen LogP contribution in [-0.4, -0.2) is 59.0 Å². The van der Waals surface area contributed by atoms with E-state index < -0.39 is 12.1 Å². The molecule has 4 N–H and O–H groups in total. The second-order valence-electron chi connectivity index (χ2n) is 7.17. The molecular formula is C21H27N5O5. The number of hydrogen-bond donors (Lipinski definition) is 4. The lowest BCUT2D eigenvalue weighted by Crippen LogP contribution is -2.52. The van der Waals surface area contributed by atoms with E-state index in [1.165, 1.54) is 6.33 Å². The Labute approximate surface area is 180 Å². The molecule has 3 amide bonds. The fourth-order valence-electron chi connectivity index (χ4n) is 3.37. The first kappa shape index (κ1) is 22.4. The zero-order chi connectivity index (χ0) is 22.1. The summed E-state index contributed by atoms with van der Waals surface area (Å²) in [7, 11) is 1.55. The number of carbonyl (C=O) groups is 2. The van der Waals surface area contributed by atoms with Crippen LogP contribution in [0.4, 0.5) is 10.5 Å². The number of benzene rings is 1. The van der Waals surface area contributed by atoms with Gasteiger partial charge in [-0.2, -0.15) is 0 Å². The van der Waals surface area contributed by atoms with Gasteiger partial charge in [0.1, 0.15) is 18.2 Å². The molecule has 2 aromatic rings. The second kappa shape index (κ2) is 11.2. The van der Waals surface area contributed by atoms with Crippen LogP contribution in [0.1, 0.15) is 25.0 Å². The molecule has 0 bridgehead atoms. The molecule has 3 atom stereocenters. The van der Waals surface area contributed by atoms with Gasteiger partial charge in [-0.1, -0.05) is 6.07 Å². The Morgan fingerprint density at radius 2 is 2.16 bits per heavy atom. The standard InChI is InChI=1S/C21H27N5O5/c1-30-16-4-2-3-14(9-16)25-21(29)26-18-6-5-17(31-19(18)12-27)10-20(28)23-11-15-7-8-22-13-24-15/h2-4,7-9,13,17-19,27H,5-6,10-12H2,1H3,(H,23,28)(H2,25,26,29)/t17-,18+,19-/m1/s1. The van der Waals surface area contributed by atoms with Crippen molar-refractivity contribution in [1.82, 2.24) is 20.6 Å². The number of carbonyl (C=O) groups excluding carboxylic acids is 2. The Kier molecular flexibility index (Phi) is 8.13. The molecule has 1 aliphatic heterocycles. The molecule has 166 valence electrons. The number of nitrogens with one attached hydrogen (secondary N) is 3. The maximum absolute atomic E-state index is 12.3. The number of rotatable bonds is 8. The third kappa shape index (κ3) is 6.90. The van der Waals surface area contributed by atoms with Crippen LogP contribution in [0.3, 0.4) is 0 Å². The number of anilines is 1. The number of hydrogen-bond acceptors (Lipinski definition) is 7. The molecule has 10 nitrogen and oxygen atoms in total. The third-order valence-electron chi connectivity index (χ3n) is 4.96. The molecule has 31 heavy (non-hydrogen) atoms. The highest BCUT2D eigenvalue weighted by molar-refractivity contribution is 5.89. The molecule has 1 fully saturated rings. The van der Waals surface area contributed by atoms with Gasteiger partial charge in [0.25, 0.3) is 0 Å². The van der Waals surface area contributed by atoms with E-state index in [2.05, 4.69) is 25.9 Å². The molecule has 10 heteroatoms. The lowest BCUT2D eigenvalue weighted by Gasteiger charge is -2.35. The predicted molar refractivity (Wildman–Crippen MR) is 112 cm³/mol. The molecule has 1 saturated heterocycles. The van der Waals surface area contributed by atoms with E-state index in [1.54, 1.807) is 43.6 Å². The SMILES string of the molecule is COc1cccc(NC(=O)N[C@H]2CC[C@H](CC(=O)NCc3ccncn3)O[C@@H]2CO)c1. The highest BCUT2D eigenvalue weighted by Gasteiger charge is 2.32. The van der Waals surface area contributed by atoms with Crippen molar-refractivity contribution in [3.05, 3.63) is 48.5 Å². The molecule has 2 heterocycles. The van der Waals surface area contributed by atoms with E-state index in [9.17, 15) is 14.7 Å². The van der Waals surface area contributed by atoms with Crippen molar-refractivity contribution in [3.63, 3.8) is 0 Å². The number of methoxy groups -OCH3 is 1. The van der Waals surface area contributed by atoms with Gasteiger partial charge in [0.05, 0.1) is 44.5 Å². The summed E-state index contributed by atoms with van der Waals surface area (Å²) in [6.07, 6.45) is 3.45. The van der Waals surface area contributed by atoms with Gasteiger partial charge in [0.15, 0.2) is 0 Å². The van der Waals surface area contributed by atoms with Crippen LogP contribution in [0.15, 0.2) is 42.9 Å². The topological polar surface area (TPSA) is 135 Å². The number of urea groups is 1. The maximum Gasteiger partial charge on any atom is 0.319 e. The van der Waals surface area contributed by atoms with Gasteiger partial charge < -0.3 is 30.5 Å². The fourth-order valence-corrected chi connectivity index (χ4v) is 3.37. The third-order valence-corrected chi connectivity index (χ3v) is 4.96. The van der Waals surface area contributed by atoms with Gasteiger partial charge in [-0.05, 0) is 31.0 Å². The van der Waals surface area contributed by atoms with Crippen LogP contribution >= 0.6 is 0 Å². The summed E-state index contributed by atoms with van der Waals surface area (Å²) in [5.41, 5.74) is 1.31. The summed E-state index contributed by atoms with van der Waals surface area (Å²) in [5.74, 6) is 0.468. The van der Waals surface area contributed by atoms with Gasteiger partial charge in [0, 0.05) is 18.0 Å². The number of amides is 3. The Hall–Kier alpha value is -3.24. The van der Waals surface area contributed by atoms with Crippen molar-refractivity contribution < 1.29 is 24.2 Å². The number of aromatic nitrogens is 2. The number of nitrogens with zero attached hydrogens (tertiary/aromatic N) is 2. The van der Waals surface area contributed by atoms with E-state index in [0.717, 1.165) is 0 Å². The van der Waals surface area contributed by atoms with E-state index in [1.807, 2.05) is 0 Å². The molecule has 0 spiro atoms. The van der Waals surface area contributed by atoms with Gasteiger partial charge in [-0.25, -0.2) is 14.8 Å². The Morgan fingerprint density at radius 1 is 1.29 bits per heavy atom. The van der Waals surface area contributed by atoms with Gasteiger partial charge >= 0.3 is 6.03 Å². The van der Waals surface area contributed by atoms with Crippen molar-refractivity contribution in [2.45, 2.75) is 44.1 Å². The summed E-state index contributed by atoms with van der Waals surface area (Å²) in [4.78, 5) is 32.4. The van der Waals surface area contributed by atoms with E-state index in [-0.39, 0.29) is 31.1 Å². The highest BCUT2D eigenvalue weighted by atomic mass is 16.5. The lowest BCUT2D eigenvalue weighted by molar-refractivity contribution is -0.130. The first-order chi connectivity index (χ1) is 15.1. The first-order valence-corrected chi connectivity index (χ1v) is 10.1. The van der Waals surface area contributed by atoms with Crippen LogP contribution in [0.2, 0.25) is 0 Å². The monoisotopic (exact) mass is 429 g/mol. The average molecular weight is 429 g/mol. The number of aliphatic hydroxyl groups is 1. The van der Waals surface area contributed by atoms with Crippen molar-refractivity contribution in [2.75, 3.05) is 19.0 Å². The minimum Gasteiger partial charge on any atom is -0.497 e. The van der Waals surface area contributed by atoms with E-state index in [4.69, 9.17) is 9.47 Å². The summed E-state index contributed by atoms with van der Waals surface area (Å²) >= 11 is 0. The second-order valence-corrected chi connectivity index (χ2v) is 7.17. The quantitative estimate of drug-likeness (QED) is 0.496. The van der Waals surface area contributed by atoms with Crippen molar-refractivity contribution in [1.29, 1.82) is 0 Å². The van der Waals surface area contributed by atoms with Crippen molar-refractivity contribution >= 4 is 17.6 Å². The molecule has 1 aromatic carbocycles. The summed E-state index contributed by atoms with van der Waals surface area (Å²) in [6, 6.07) is 7.97. The van der Waals surface area contributed by atoms with Crippen molar-refractivity contribution in [3.8, 4) is 5.75 Å². The van der Waals surface area contributed by atoms with E-state index >= 15 is 0 Å². The molecular weight excluding hydrogens is 402 g/mol. The van der Waals surface area contributed by atoms with Gasteiger partial charge in [0.2, 0.25) is 5.91 Å². The minimum atomic E-state index is -0.593. The highest BCUT2D eigenvalue weighted by Crippen LogP contribution is 2.22. The first-order valence-electron chi connectivity index (χ1n) is 10.1. The zero-order valence-corrected chi connectivity index (χ0v) is 17.3. The maximum atomic E-state index is 12.3. The lowest BCUT2D eigenvalue weighted by atomic mass is 9.97. The molecule has 0 radical (unpaired) electrons. The van der Waals surface area contributed by atoms with Gasteiger partial charge in [-0.15, -0.1) is 0 Å². The Morgan fingerprint density at radius 3 is 2.90 bits per heavy atom. The van der Waals surface area contributed by atoms with Crippen LogP contribution in [-0.2, 0) is 16.1 Å². The van der Waals surface area contributed by atoms with Crippen LogP contribution in [0, 0.1) is 0 Å². The molecule has 1 aliphatic rings. The van der Waals surface area contributed by atoms with Crippen LogP contribution in [0.25, 0.3) is 0 Å². The summed E-state index contributed by atoms with van der Waals surface area (Å²) in [6.45, 7) is 0.0509. The normalized spacial score (nSPS) is 20.5. The van der Waals surface area contributed by atoms with Crippen molar-refractivity contribution in [2.24, 2.45) is 0 Å². The predicted octanol–water partition coefficient (Wildman–Crippen LogP) is 1.22. The summed E-state index contributed by atoms with van der Waals surface area (Å²) in [5, 5.41) is 18.1. The smallest absolute Gasteiger partial charge is 0.319 e. The average Bonchev–Trinajstić information content (AvgIpc) is 2.79. The van der Waals surface area contributed by atoms with Crippen LogP contribution < -0.4 is 20.7 Å². The molecule has 0 saturated carbocycles. The fraction of sp³-hybridized carbons (Fsp3) is 0.429. The van der Waals surface area contributed by atoms with Crippen LogP contribution in [0.5, 0.6) is 5.75 Å². The Bertz CT molecular complexity index is 866. The molecule has 1 aromatic heterocycles. The van der Waals surface area contributed by atoms with Gasteiger partial charge in [-0.3, -0.25) is 4.79 Å². The summed E-state index contributed by atoms with van der Waals surface area (Å²) < 4.78 is 11.0.